The van der Waals surface area contributed by atoms with Crippen molar-refractivity contribution in [3.8, 4) is 0 Å². The summed E-state index contributed by atoms with van der Waals surface area (Å²) in [5.41, 5.74) is 0. The van der Waals surface area contributed by atoms with Crippen LogP contribution in [0, 0.1) is 5.92 Å². The molecule has 0 bridgehead atoms. The molecule has 1 saturated heterocycles. The van der Waals surface area contributed by atoms with E-state index in [0.717, 1.165) is 6.42 Å². The van der Waals surface area contributed by atoms with Crippen LogP contribution in [-0.4, -0.2) is 28.2 Å². The van der Waals surface area contributed by atoms with Crippen molar-refractivity contribution in [2.75, 3.05) is 18.1 Å². The topological polar surface area (TPSA) is 26.3 Å². The molecule has 1 heterocycles. The second-order valence-corrected chi connectivity index (χ2v) is 6.80. The fraction of sp³-hybridized carbons (Fsp3) is 0.909. The minimum atomic E-state index is -0.0405. The fourth-order valence-corrected chi connectivity index (χ4v) is 5.18. The van der Waals surface area contributed by atoms with E-state index in [4.69, 9.17) is 4.74 Å². The van der Waals surface area contributed by atoms with Gasteiger partial charge in [-0.25, -0.2) is 0 Å². The van der Waals surface area contributed by atoms with Crippen LogP contribution in [0.4, 0.5) is 0 Å². The van der Waals surface area contributed by atoms with Gasteiger partial charge < -0.3 is 4.74 Å². The molecule has 1 fully saturated rings. The van der Waals surface area contributed by atoms with Crippen molar-refractivity contribution in [2.24, 2.45) is 5.92 Å². The van der Waals surface area contributed by atoms with E-state index in [2.05, 4.69) is 6.92 Å². The summed E-state index contributed by atoms with van der Waals surface area (Å²) in [6, 6.07) is 0. The molecule has 1 atom stereocenters. The Morgan fingerprint density at radius 3 is 2.47 bits per heavy atom. The molecule has 0 saturated carbocycles. The Labute approximate surface area is 101 Å². The number of ether oxygens (including phenoxy) is 1. The first-order chi connectivity index (χ1) is 7.16. The van der Waals surface area contributed by atoms with Gasteiger partial charge in [0.2, 0.25) is 0 Å². The van der Waals surface area contributed by atoms with Gasteiger partial charge >= 0.3 is 5.97 Å². The number of rotatable bonds is 4. The van der Waals surface area contributed by atoms with Crippen molar-refractivity contribution in [1.29, 1.82) is 0 Å². The maximum Gasteiger partial charge on any atom is 0.310 e. The van der Waals surface area contributed by atoms with Gasteiger partial charge in [-0.05, 0) is 38.2 Å². The van der Waals surface area contributed by atoms with Gasteiger partial charge in [0.15, 0.2) is 0 Å². The van der Waals surface area contributed by atoms with Crippen LogP contribution in [0.1, 0.15) is 33.6 Å². The van der Waals surface area contributed by atoms with Gasteiger partial charge in [-0.2, -0.15) is 0 Å². The summed E-state index contributed by atoms with van der Waals surface area (Å²) in [5, 5.41) is 0. The molecule has 0 aliphatic carbocycles. The second kappa shape index (κ2) is 6.04. The summed E-state index contributed by atoms with van der Waals surface area (Å²) in [5.74, 6) is 2.30. The van der Waals surface area contributed by atoms with Crippen LogP contribution in [-0.2, 0) is 9.53 Å². The Bertz CT molecular complexity index is 213. The van der Waals surface area contributed by atoms with Crippen LogP contribution in [0.3, 0.4) is 0 Å². The Morgan fingerprint density at radius 1 is 1.40 bits per heavy atom. The van der Waals surface area contributed by atoms with E-state index in [0.29, 0.717) is 6.61 Å². The molecule has 1 aliphatic rings. The molecular weight excluding hydrogens is 228 g/mol. The highest BCUT2D eigenvalue weighted by Crippen LogP contribution is 2.50. The molecule has 0 aromatic rings. The number of carbonyl (C=O) groups is 1. The molecular formula is C11H20O2S2. The highest BCUT2D eigenvalue weighted by atomic mass is 32.2. The van der Waals surface area contributed by atoms with Crippen molar-refractivity contribution in [1.82, 2.24) is 0 Å². The van der Waals surface area contributed by atoms with Gasteiger partial charge in [0, 0.05) is 0 Å². The molecule has 4 heteroatoms. The van der Waals surface area contributed by atoms with Crippen LogP contribution in [0.15, 0.2) is 0 Å². The lowest BCUT2D eigenvalue weighted by atomic mass is 10.1. The third-order valence-corrected chi connectivity index (χ3v) is 6.73. The molecule has 1 aliphatic heterocycles. The molecule has 0 aromatic heterocycles. The van der Waals surface area contributed by atoms with Crippen molar-refractivity contribution < 1.29 is 9.53 Å². The van der Waals surface area contributed by atoms with Crippen LogP contribution in [0.2, 0.25) is 0 Å². The second-order valence-electron chi connectivity index (χ2n) is 3.69. The maximum absolute atomic E-state index is 11.8. The largest absolute Gasteiger partial charge is 0.466 e. The Hall–Kier alpha value is 0.170. The minimum Gasteiger partial charge on any atom is -0.466 e. The van der Waals surface area contributed by atoms with Crippen LogP contribution >= 0.6 is 23.5 Å². The van der Waals surface area contributed by atoms with Gasteiger partial charge in [-0.15, -0.1) is 23.5 Å². The first-order valence-corrected chi connectivity index (χ1v) is 7.58. The molecule has 2 nitrogen and oxygen atoms in total. The molecule has 0 N–H and O–H groups in total. The zero-order valence-electron chi connectivity index (χ0n) is 9.75. The first-order valence-electron chi connectivity index (χ1n) is 5.60. The number of thioether (sulfide) groups is 2. The van der Waals surface area contributed by atoms with E-state index < -0.39 is 0 Å². The Balaban J connectivity index is 2.66. The summed E-state index contributed by atoms with van der Waals surface area (Å²) in [6.45, 7) is 6.52. The highest BCUT2D eigenvalue weighted by molar-refractivity contribution is 8.18. The van der Waals surface area contributed by atoms with Crippen molar-refractivity contribution in [3.63, 3.8) is 0 Å². The Morgan fingerprint density at radius 2 is 2.00 bits per heavy atom. The summed E-state index contributed by atoms with van der Waals surface area (Å²) in [4.78, 5) is 11.8. The average Bonchev–Trinajstić information content (AvgIpc) is 2.29. The van der Waals surface area contributed by atoms with E-state index in [1.54, 1.807) is 0 Å². The zero-order valence-corrected chi connectivity index (χ0v) is 11.4. The van der Waals surface area contributed by atoms with Gasteiger partial charge in [0.25, 0.3) is 0 Å². The predicted molar refractivity (Wildman–Crippen MR) is 68.4 cm³/mol. The molecule has 0 spiro atoms. The third-order valence-electron chi connectivity index (χ3n) is 2.77. The van der Waals surface area contributed by atoms with E-state index in [1.165, 1.54) is 17.9 Å². The van der Waals surface area contributed by atoms with E-state index in [-0.39, 0.29) is 16.0 Å². The number of hydrogen-bond acceptors (Lipinski definition) is 4. The molecule has 0 aromatic carbocycles. The fourth-order valence-electron chi connectivity index (χ4n) is 1.80. The van der Waals surface area contributed by atoms with Gasteiger partial charge in [-0.3, -0.25) is 4.79 Å². The number of carbonyl (C=O) groups excluding carboxylic acids is 1. The summed E-state index contributed by atoms with van der Waals surface area (Å²) >= 11 is 3.87. The maximum atomic E-state index is 11.8. The lowest BCUT2D eigenvalue weighted by molar-refractivity contribution is -0.147. The zero-order chi connectivity index (χ0) is 11.3. The molecule has 88 valence electrons. The molecule has 0 radical (unpaired) electrons. The molecule has 15 heavy (non-hydrogen) atoms. The van der Waals surface area contributed by atoms with Crippen molar-refractivity contribution >= 4 is 29.5 Å². The lowest BCUT2D eigenvalue weighted by Crippen LogP contribution is -2.37. The average molecular weight is 248 g/mol. The quantitative estimate of drug-likeness (QED) is 0.714. The standard InChI is InChI=1S/C11H20O2S2/c1-4-11(14-7-6-8-15-11)9(3)10(12)13-5-2/h9H,4-8H2,1-3H3. The number of hydrogen-bond donors (Lipinski definition) is 0. The van der Waals surface area contributed by atoms with Crippen LogP contribution in [0.25, 0.3) is 0 Å². The SMILES string of the molecule is CCOC(=O)C(C)C1(CC)SCCCS1. The third kappa shape index (κ3) is 3.06. The van der Waals surface area contributed by atoms with Crippen molar-refractivity contribution in [3.05, 3.63) is 0 Å². The molecule has 1 rings (SSSR count). The summed E-state index contributed by atoms with van der Waals surface area (Å²) < 4.78 is 5.18. The van der Waals surface area contributed by atoms with E-state index in [1.807, 2.05) is 37.4 Å². The van der Waals surface area contributed by atoms with Crippen LogP contribution in [0.5, 0.6) is 0 Å². The molecule has 0 amide bonds. The smallest absolute Gasteiger partial charge is 0.310 e. The van der Waals surface area contributed by atoms with Gasteiger partial charge in [0.1, 0.15) is 0 Å². The molecule has 1 unspecified atom stereocenters. The lowest BCUT2D eigenvalue weighted by Gasteiger charge is -2.38. The normalized spacial score (nSPS) is 22.1. The first kappa shape index (κ1) is 13.2. The predicted octanol–water partition coefficient (Wildman–Crippen LogP) is 3.16. The van der Waals surface area contributed by atoms with Crippen LogP contribution < -0.4 is 0 Å². The Kier molecular flexibility index (Phi) is 5.33. The summed E-state index contributed by atoms with van der Waals surface area (Å²) in [7, 11) is 0. The summed E-state index contributed by atoms with van der Waals surface area (Å²) in [6.07, 6.45) is 2.29. The van der Waals surface area contributed by atoms with Gasteiger partial charge in [-0.1, -0.05) is 6.92 Å². The number of esters is 1. The van der Waals surface area contributed by atoms with E-state index >= 15 is 0 Å². The van der Waals surface area contributed by atoms with Crippen molar-refractivity contribution in [2.45, 2.75) is 37.7 Å². The monoisotopic (exact) mass is 248 g/mol. The highest BCUT2D eigenvalue weighted by Gasteiger charge is 2.41. The van der Waals surface area contributed by atoms with Gasteiger partial charge in [0.05, 0.1) is 16.6 Å². The minimum absolute atomic E-state index is 0.00208. The van der Waals surface area contributed by atoms with E-state index in [9.17, 15) is 4.79 Å².